The fraction of sp³-hybridized carbons (Fsp3) is 0.273. The molecule has 1 aromatic rings. The SMILES string of the molecule is O=C1Nc2cc(C(F)(F)F)cc(C(F)(F)F)c2NC(=O)C1[N+](=O)[O-]. The van der Waals surface area contributed by atoms with Gasteiger partial charge in [-0.15, -0.1) is 0 Å². The summed E-state index contributed by atoms with van der Waals surface area (Å²) in [4.78, 5) is 32.4. The second kappa shape index (κ2) is 5.35. The lowest BCUT2D eigenvalue weighted by molar-refractivity contribution is -0.492. The molecule has 2 rings (SSSR count). The van der Waals surface area contributed by atoms with Crippen molar-refractivity contribution in [3.8, 4) is 0 Å². The molecule has 2 amide bonds. The van der Waals surface area contributed by atoms with E-state index in [1.54, 1.807) is 5.32 Å². The van der Waals surface area contributed by atoms with Crippen LogP contribution < -0.4 is 10.6 Å². The summed E-state index contributed by atoms with van der Waals surface area (Å²) in [7, 11) is 0. The molecule has 13 heteroatoms. The molecule has 1 aliphatic rings. The zero-order chi connectivity index (χ0) is 18.4. The van der Waals surface area contributed by atoms with Gasteiger partial charge in [-0.25, -0.2) is 0 Å². The highest BCUT2D eigenvalue weighted by atomic mass is 19.4. The normalized spacial score (nSPS) is 18.3. The molecule has 0 saturated heterocycles. The molecule has 1 atom stereocenters. The second-order valence-corrected chi connectivity index (χ2v) is 4.61. The van der Waals surface area contributed by atoms with E-state index in [0.29, 0.717) is 0 Å². The molecule has 7 nitrogen and oxygen atoms in total. The highest BCUT2D eigenvalue weighted by molar-refractivity contribution is 6.18. The van der Waals surface area contributed by atoms with Crippen LogP contribution in [0.3, 0.4) is 0 Å². The minimum atomic E-state index is -5.32. The van der Waals surface area contributed by atoms with Crippen molar-refractivity contribution in [2.24, 2.45) is 0 Å². The van der Waals surface area contributed by atoms with Crippen LogP contribution in [-0.2, 0) is 21.9 Å². The van der Waals surface area contributed by atoms with Crippen LogP contribution in [0.1, 0.15) is 11.1 Å². The number of hydrogen-bond donors (Lipinski definition) is 2. The fourth-order valence-corrected chi connectivity index (χ4v) is 1.97. The molecule has 24 heavy (non-hydrogen) atoms. The Morgan fingerprint density at radius 2 is 1.50 bits per heavy atom. The maximum atomic E-state index is 13.0. The molecular weight excluding hydrogens is 352 g/mol. The predicted molar refractivity (Wildman–Crippen MR) is 64.5 cm³/mol. The molecule has 0 spiro atoms. The zero-order valence-electron chi connectivity index (χ0n) is 11.1. The van der Waals surface area contributed by atoms with E-state index >= 15 is 0 Å². The molecule has 2 N–H and O–H groups in total. The number of fused-ring (bicyclic) bond motifs is 1. The van der Waals surface area contributed by atoms with Crippen molar-refractivity contribution in [3.63, 3.8) is 0 Å². The Hall–Kier alpha value is -2.86. The van der Waals surface area contributed by atoms with Crippen molar-refractivity contribution >= 4 is 23.2 Å². The van der Waals surface area contributed by atoms with Crippen LogP contribution in [0.2, 0.25) is 0 Å². The van der Waals surface area contributed by atoms with Crippen LogP contribution in [-0.4, -0.2) is 22.8 Å². The molecule has 1 aromatic carbocycles. The van der Waals surface area contributed by atoms with Gasteiger partial charge in [0.15, 0.2) is 0 Å². The molecule has 0 saturated carbocycles. The smallest absolute Gasteiger partial charge is 0.318 e. The van der Waals surface area contributed by atoms with Gasteiger partial charge >= 0.3 is 30.2 Å². The van der Waals surface area contributed by atoms with E-state index in [4.69, 9.17) is 0 Å². The van der Waals surface area contributed by atoms with Crippen molar-refractivity contribution in [3.05, 3.63) is 33.4 Å². The average molecular weight is 357 g/mol. The maximum absolute atomic E-state index is 13.0. The number of alkyl halides is 6. The number of nitrogens with one attached hydrogen (secondary N) is 2. The first kappa shape index (κ1) is 17.5. The molecule has 0 aromatic heterocycles. The zero-order valence-corrected chi connectivity index (χ0v) is 11.1. The summed E-state index contributed by atoms with van der Waals surface area (Å²) >= 11 is 0. The lowest BCUT2D eigenvalue weighted by Crippen LogP contribution is -2.42. The number of rotatable bonds is 1. The van der Waals surface area contributed by atoms with Crippen molar-refractivity contribution in [2.75, 3.05) is 10.6 Å². The van der Waals surface area contributed by atoms with Crippen molar-refractivity contribution < 1.29 is 40.9 Å². The minimum Gasteiger partial charge on any atom is -0.318 e. The average Bonchev–Trinajstić information content (AvgIpc) is 2.49. The monoisotopic (exact) mass is 357 g/mol. The van der Waals surface area contributed by atoms with Crippen LogP contribution in [0, 0.1) is 10.1 Å². The van der Waals surface area contributed by atoms with E-state index in [-0.39, 0.29) is 12.1 Å². The quantitative estimate of drug-likeness (QED) is 0.348. The van der Waals surface area contributed by atoms with Gasteiger partial charge in [0.1, 0.15) is 0 Å². The van der Waals surface area contributed by atoms with E-state index in [1.807, 2.05) is 0 Å². The Bertz CT molecular complexity index is 743. The van der Waals surface area contributed by atoms with E-state index in [0.717, 1.165) is 0 Å². The predicted octanol–water partition coefficient (Wildman–Crippen LogP) is 2.26. The first-order chi connectivity index (χ1) is 10.8. The Labute approximate surface area is 127 Å². The van der Waals surface area contributed by atoms with Gasteiger partial charge in [0.05, 0.1) is 22.5 Å². The molecule has 0 fully saturated rings. The Morgan fingerprint density at radius 3 is 1.96 bits per heavy atom. The van der Waals surface area contributed by atoms with Gasteiger partial charge in [0.2, 0.25) is 0 Å². The molecule has 0 aliphatic carbocycles. The lowest BCUT2D eigenvalue weighted by atomic mass is 10.1. The van der Waals surface area contributed by atoms with E-state index in [2.05, 4.69) is 0 Å². The molecule has 1 heterocycles. The van der Waals surface area contributed by atoms with Gasteiger partial charge in [0, 0.05) is 4.92 Å². The third-order valence-corrected chi connectivity index (χ3v) is 2.98. The van der Waals surface area contributed by atoms with Crippen molar-refractivity contribution in [1.82, 2.24) is 0 Å². The number of anilines is 2. The van der Waals surface area contributed by atoms with E-state index in [9.17, 15) is 46.0 Å². The summed E-state index contributed by atoms with van der Waals surface area (Å²) < 4.78 is 77.2. The third kappa shape index (κ3) is 3.09. The number of hydrogen-bond acceptors (Lipinski definition) is 4. The number of carbonyl (C=O) groups is 2. The van der Waals surface area contributed by atoms with E-state index in [1.165, 1.54) is 5.32 Å². The van der Waals surface area contributed by atoms with Crippen LogP contribution in [0.15, 0.2) is 12.1 Å². The number of nitrogens with zero attached hydrogens (tertiary/aromatic N) is 1. The van der Waals surface area contributed by atoms with Crippen LogP contribution in [0.5, 0.6) is 0 Å². The summed E-state index contributed by atoms with van der Waals surface area (Å²) in [6.45, 7) is 0. The molecule has 1 unspecified atom stereocenters. The summed E-state index contributed by atoms with van der Waals surface area (Å²) in [6.07, 6.45) is -10.5. The molecular formula is C11H5F6N3O4. The molecule has 0 bridgehead atoms. The number of amides is 2. The Morgan fingerprint density at radius 1 is 0.958 bits per heavy atom. The van der Waals surface area contributed by atoms with Crippen LogP contribution >= 0.6 is 0 Å². The van der Waals surface area contributed by atoms with Gasteiger partial charge in [0.25, 0.3) is 0 Å². The first-order valence-electron chi connectivity index (χ1n) is 5.90. The lowest BCUT2D eigenvalue weighted by Gasteiger charge is -2.18. The maximum Gasteiger partial charge on any atom is 0.418 e. The highest BCUT2D eigenvalue weighted by Gasteiger charge is 2.46. The summed E-state index contributed by atoms with van der Waals surface area (Å²) in [5, 5.41) is 13.7. The standard InChI is InChI=1S/C11H5F6N3O4/c12-10(13,14)3-1-4(11(15,16)17)6-5(2-3)18-8(21)7(20(23)24)9(22)19-6/h1-2,7H,(H,18,21)(H,19,22). The minimum absolute atomic E-state index is 0.144. The Balaban J connectivity index is 2.71. The van der Waals surface area contributed by atoms with Crippen molar-refractivity contribution in [1.29, 1.82) is 0 Å². The Kier molecular flexibility index (Phi) is 3.90. The summed E-state index contributed by atoms with van der Waals surface area (Å²) in [6, 6.07) is -2.73. The van der Waals surface area contributed by atoms with Gasteiger partial charge in [-0.05, 0) is 12.1 Å². The number of nitro groups is 1. The van der Waals surface area contributed by atoms with Crippen molar-refractivity contribution in [2.45, 2.75) is 18.4 Å². The fourth-order valence-electron chi connectivity index (χ4n) is 1.97. The van der Waals surface area contributed by atoms with Gasteiger partial charge in [-0.3, -0.25) is 19.7 Å². The summed E-state index contributed by atoms with van der Waals surface area (Å²) in [5.41, 5.74) is -5.88. The van der Waals surface area contributed by atoms with Crippen LogP contribution in [0.25, 0.3) is 0 Å². The third-order valence-electron chi connectivity index (χ3n) is 2.98. The van der Waals surface area contributed by atoms with Crippen LogP contribution in [0.4, 0.5) is 37.7 Å². The molecule has 130 valence electrons. The van der Waals surface area contributed by atoms with Gasteiger partial charge in [-0.2, -0.15) is 26.3 Å². The number of halogens is 6. The van der Waals surface area contributed by atoms with E-state index < -0.39 is 57.6 Å². The second-order valence-electron chi connectivity index (χ2n) is 4.61. The largest absolute Gasteiger partial charge is 0.418 e. The number of carbonyl (C=O) groups excluding carboxylic acids is 2. The first-order valence-corrected chi connectivity index (χ1v) is 5.90. The topological polar surface area (TPSA) is 101 Å². The van der Waals surface area contributed by atoms with Gasteiger partial charge < -0.3 is 10.6 Å². The molecule has 0 radical (unpaired) electrons. The molecule has 1 aliphatic heterocycles. The summed E-state index contributed by atoms with van der Waals surface area (Å²) in [5.74, 6) is -3.37. The number of benzene rings is 1. The highest BCUT2D eigenvalue weighted by Crippen LogP contribution is 2.44. The van der Waals surface area contributed by atoms with Gasteiger partial charge in [-0.1, -0.05) is 0 Å².